The summed E-state index contributed by atoms with van der Waals surface area (Å²) in [4.78, 5) is 12.0. The highest BCUT2D eigenvalue weighted by molar-refractivity contribution is 14.1. The molecule has 2 aromatic rings. The van der Waals surface area contributed by atoms with E-state index in [1.54, 1.807) is 24.4 Å². The summed E-state index contributed by atoms with van der Waals surface area (Å²) in [6.07, 6.45) is 3.23. The highest BCUT2D eigenvalue weighted by Crippen LogP contribution is 2.15. The van der Waals surface area contributed by atoms with E-state index in [0.717, 1.165) is 9.13 Å². The molecular weight excluding hydrogens is 391 g/mol. The normalized spacial score (nSPS) is 10.4. The molecule has 0 bridgehead atoms. The Morgan fingerprint density at radius 3 is 2.86 bits per heavy atom. The first-order valence-corrected chi connectivity index (χ1v) is 7.70. The van der Waals surface area contributed by atoms with Crippen molar-refractivity contribution >= 4 is 34.7 Å². The quantitative estimate of drug-likeness (QED) is 0.345. The van der Waals surface area contributed by atoms with Gasteiger partial charge in [-0.1, -0.05) is 30.9 Å². The number of rotatable bonds is 6. The lowest BCUT2D eigenvalue weighted by Crippen LogP contribution is -2.17. The zero-order chi connectivity index (χ0) is 15.8. The van der Waals surface area contributed by atoms with E-state index < -0.39 is 0 Å². The first-order valence-electron chi connectivity index (χ1n) is 6.62. The number of nitrogens with zero attached hydrogens (tertiary/aromatic N) is 1. The molecule has 5 heteroatoms. The number of nitrogens with one attached hydrogen (secondary N) is 1. The van der Waals surface area contributed by atoms with Crippen LogP contribution < -0.4 is 10.2 Å². The van der Waals surface area contributed by atoms with Crippen molar-refractivity contribution in [1.82, 2.24) is 5.43 Å². The summed E-state index contributed by atoms with van der Waals surface area (Å²) in [6.45, 7) is 4.03. The molecule has 0 heterocycles. The van der Waals surface area contributed by atoms with Crippen LogP contribution in [0.25, 0.3) is 0 Å². The Hall–Kier alpha value is -2.15. The number of hydrogen-bond donors (Lipinski definition) is 1. The number of halogens is 1. The van der Waals surface area contributed by atoms with Gasteiger partial charge < -0.3 is 4.74 Å². The van der Waals surface area contributed by atoms with E-state index in [2.05, 4.69) is 39.7 Å². The van der Waals surface area contributed by atoms with Crippen molar-refractivity contribution in [2.45, 2.75) is 0 Å². The van der Waals surface area contributed by atoms with Crippen molar-refractivity contribution in [3.8, 4) is 5.75 Å². The molecule has 0 saturated carbocycles. The third-order valence-corrected chi connectivity index (χ3v) is 3.40. The fourth-order valence-electron chi connectivity index (χ4n) is 1.72. The molecule has 0 aliphatic carbocycles. The van der Waals surface area contributed by atoms with Gasteiger partial charge in [0.1, 0.15) is 12.4 Å². The van der Waals surface area contributed by atoms with Crippen molar-refractivity contribution < 1.29 is 9.53 Å². The average molecular weight is 406 g/mol. The van der Waals surface area contributed by atoms with Crippen LogP contribution in [-0.4, -0.2) is 18.7 Å². The molecule has 0 fully saturated rings. The van der Waals surface area contributed by atoms with Gasteiger partial charge in [0.2, 0.25) is 0 Å². The molecule has 0 aliphatic heterocycles. The molecular formula is C17H15IN2O2. The van der Waals surface area contributed by atoms with Gasteiger partial charge in [0.15, 0.2) is 0 Å². The van der Waals surface area contributed by atoms with E-state index in [1.807, 2.05) is 36.4 Å². The smallest absolute Gasteiger partial charge is 0.271 e. The maximum absolute atomic E-state index is 12.0. The van der Waals surface area contributed by atoms with Crippen LogP contribution in [0.1, 0.15) is 15.9 Å². The molecule has 0 radical (unpaired) electrons. The van der Waals surface area contributed by atoms with Gasteiger partial charge in [-0.15, -0.1) is 0 Å². The molecule has 0 aromatic heterocycles. The highest BCUT2D eigenvalue weighted by Gasteiger charge is 2.04. The van der Waals surface area contributed by atoms with Gasteiger partial charge in [0, 0.05) is 14.7 Å². The molecule has 112 valence electrons. The first kappa shape index (κ1) is 16.2. The van der Waals surface area contributed by atoms with E-state index in [9.17, 15) is 4.79 Å². The summed E-state index contributed by atoms with van der Waals surface area (Å²) in [5, 5.41) is 3.98. The molecule has 0 spiro atoms. The Morgan fingerprint density at radius 1 is 1.27 bits per heavy atom. The average Bonchev–Trinajstić information content (AvgIpc) is 2.54. The summed E-state index contributed by atoms with van der Waals surface area (Å²) >= 11 is 2.16. The van der Waals surface area contributed by atoms with E-state index in [1.165, 1.54) is 0 Å². The molecule has 0 aliphatic rings. The predicted octanol–water partition coefficient (Wildman–Crippen LogP) is 3.62. The molecule has 0 atom stereocenters. The molecule has 1 N–H and O–H groups in total. The zero-order valence-corrected chi connectivity index (χ0v) is 14.0. The summed E-state index contributed by atoms with van der Waals surface area (Å²) in [5.74, 6) is 0.439. The minimum atomic E-state index is -0.251. The van der Waals surface area contributed by atoms with Crippen molar-refractivity contribution in [2.24, 2.45) is 5.10 Å². The summed E-state index contributed by atoms with van der Waals surface area (Å²) in [6, 6.07) is 14.8. The van der Waals surface area contributed by atoms with Crippen LogP contribution >= 0.6 is 22.6 Å². The Bertz CT molecular complexity index is 699. The van der Waals surface area contributed by atoms with E-state index in [0.29, 0.717) is 17.9 Å². The van der Waals surface area contributed by atoms with Crippen LogP contribution in [0.4, 0.5) is 0 Å². The monoisotopic (exact) mass is 406 g/mol. The third kappa shape index (κ3) is 4.70. The molecule has 0 saturated heterocycles. The van der Waals surface area contributed by atoms with Gasteiger partial charge in [-0.25, -0.2) is 5.43 Å². The van der Waals surface area contributed by atoms with Crippen LogP contribution in [0.2, 0.25) is 0 Å². The second kappa shape index (κ2) is 8.33. The van der Waals surface area contributed by atoms with Crippen LogP contribution in [0.5, 0.6) is 5.75 Å². The minimum Gasteiger partial charge on any atom is -0.489 e. The summed E-state index contributed by atoms with van der Waals surface area (Å²) in [7, 11) is 0. The van der Waals surface area contributed by atoms with Crippen LogP contribution in [-0.2, 0) is 0 Å². The maximum Gasteiger partial charge on any atom is 0.271 e. The van der Waals surface area contributed by atoms with Crippen molar-refractivity contribution in [3.63, 3.8) is 0 Å². The maximum atomic E-state index is 12.0. The third-order valence-electron chi connectivity index (χ3n) is 2.73. The molecule has 1 amide bonds. The molecule has 2 aromatic carbocycles. The van der Waals surface area contributed by atoms with Crippen LogP contribution in [0, 0.1) is 3.57 Å². The van der Waals surface area contributed by atoms with Gasteiger partial charge in [0.05, 0.1) is 6.21 Å². The first-order chi connectivity index (χ1) is 10.7. The van der Waals surface area contributed by atoms with Crippen LogP contribution in [0.15, 0.2) is 66.3 Å². The predicted molar refractivity (Wildman–Crippen MR) is 96.4 cm³/mol. The lowest BCUT2D eigenvalue weighted by Gasteiger charge is -2.06. The largest absolute Gasteiger partial charge is 0.489 e. The van der Waals surface area contributed by atoms with E-state index in [4.69, 9.17) is 4.74 Å². The summed E-state index contributed by atoms with van der Waals surface area (Å²) in [5.41, 5.74) is 3.86. The van der Waals surface area contributed by atoms with Gasteiger partial charge in [-0.3, -0.25) is 4.79 Å². The van der Waals surface area contributed by atoms with Gasteiger partial charge in [-0.05, 0) is 52.9 Å². The SMILES string of the molecule is C=CCOc1ccccc1/C=N/NC(=O)c1cccc(I)c1. The number of amides is 1. The Kier molecular flexibility index (Phi) is 6.14. The van der Waals surface area contributed by atoms with Gasteiger partial charge >= 0.3 is 0 Å². The van der Waals surface area contributed by atoms with E-state index >= 15 is 0 Å². The van der Waals surface area contributed by atoms with Crippen molar-refractivity contribution in [3.05, 3.63) is 75.9 Å². The summed E-state index contributed by atoms with van der Waals surface area (Å²) < 4.78 is 6.52. The number of hydrazone groups is 1. The standard InChI is InChI=1S/C17H15IN2O2/c1-2-10-22-16-9-4-3-6-14(16)12-19-20-17(21)13-7-5-8-15(18)11-13/h2-9,11-12H,1,10H2,(H,20,21)/b19-12+. The van der Waals surface area contributed by atoms with Gasteiger partial charge in [-0.2, -0.15) is 5.10 Å². The molecule has 4 nitrogen and oxygen atoms in total. The Balaban J connectivity index is 2.03. The topological polar surface area (TPSA) is 50.7 Å². The van der Waals surface area contributed by atoms with E-state index in [-0.39, 0.29) is 5.91 Å². The van der Waals surface area contributed by atoms with Crippen molar-refractivity contribution in [1.29, 1.82) is 0 Å². The number of ether oxygens (including phenoxy) is 1. The van der Waals surface area contributed by atoms with Crippen LogP contribution in [0.3, 0.4) is 0 Å². The number of benzene rings is 2. The minimum absolute atomic E-state index is 0.251. The fraction of sp³-hybridized carbons (Fsp3) is 0.0588. The number of hydrogen-bond acceptors (Lipinski definition) is 3. The van der Waals surface area contributed by atoms with Crippen molar-refractivity contribution in [2.75, 3.05) is 6.61 Å². The molecule has 0 unspecified atom stereocenters. The number of carbonyl (C=O) groups excluding carboxylic acids is 1. The lowest BCUT2D eigenvalue weighted by molar-refractivity contribution is 0.0955. The molecule has 2 rings (SSSR count). The Labute approximate surface area is 143 Å². The second-order valence-electron chi connectivity index (χ2n) is 4.35. The fourth-order valence-corrected chi connectivity index (χ4v) is 2.27. The van der Waals surface area contributed by atoms with Gasteiger partial charge in [0.25, 0.3) is 5.91 Å². The highest BCUT2D eigenvalue weighted by atomic mass is 127. The lowest BCUT2D eigenvalue weighted by atomic mass is 10.2. The molecule has 22 heavy (non-hydrogen) atoms. The Morgan fingerprint density at radius 2 is 2.09 bits per heavy atom. The second-order valence-corrected chi connectivity index (χ2v) is 5.59. The zero-order valence-electron chi connectivity index (χ0n) is 11.8. The number of para-hydroxylation sites is 1. The number of carbonyl (C=O) groups is 1.